The molecule has 1 aliphatic heterocycles. The van der Waals surface area contributed by atoms with E-state index < -0.39 is 0 Å². The molecule has 136 valence electrons. The van der Waals surface area contributed by atoms with Crippen molar-refractivity contribution < 1.29 is 14.3 Å². The van der Waals surface area contributed by atoms with E-state index in [9.17, 15) is 9.59 Å². The Morgan fingerprint density at radius 1 is 1.19 bits per heavy atom. The van der Waals surface area contributed by atoms with Gasteiger partial charge in [0.2, 0.25) is 0 Å². The first-order valence-corrected chi connectivity index (χ1v) is 8.74. The second-order valence-electron chi connectivity index (χ2n) is 6.69. The Balaban J connectivity index is 1.96. The molecule has 0 unspecified atom stereocenters. The summed E-state index contributed by atoms with van der Waals surface area (Å²) >= 11 is 0. The molecule has 26 heavy (non-hydrogen) atoms. The maximum atomic E-state index is 12.7. The van der Waals surface area contributed by atoms with Gasteiger partial charge in [0.25, 0.3) is 11.8 Å². The van der Waals surface area contributed by atoms with E-state index in [4.69, 9.17) is 4.74 Å². The van der Waals surface area contributed by atoms with Crippen LogP contribution in [-0.2, 0) is 6.42 Å². The van der Waals surface area contributed by atoms with Crippen LogP contribution in [0.15, 0.2) is 30.3 Å². The number of carbonyl (C=O) groups excluding carboxylic acids is 2. The Hall–Kier alpha value is -2.82. The third-order valence-corrected chi connectivity index (χ3v) is 5.04. The van der Waals surface area contributed by atoms with Crippen LogP contribution in [-0.4, -0.2) is 44.0 Å². The van der Waals surface area contributed by atoms with E-state index in [2.05, 4.69) is 12.2 Å². The molecular weight excluding hydrogens is 328 g/mol. The average Bonchev–Trinajstić information content (AvgIpc) is 2.79. The van der Waals surface area contributed by atoms with E-state index in [1.807, 2.05) is 37.3 Å². The van der Waals surface area contributed by atoms with E-state index in [1.54, 1.807) is 19.0 Å². The summed E-state index contributed by atoms with van der Waals surface area (Å²) in [6.07, 6.45) is 0.699. The predicted octanol–water partition coefficient (Wildman–Crippen LogP) is 2.72. The van der Waals surface area contributed by atoms with Gasteiger partial charge in [-0.25, -0.2) is 0 Å². The van der Waals surface area contributed by atoms with Crippen molar-refractivity contribution in [1.82, 2.24) is 10.2 Å². The molecule has 0 bridgehead atoms. The molecule has 1 heterocycles. The van der Waals surface area contributed by atoms with Gasteiger partial charge in [0.1, 0.15) is 12.4 Å². The number of amides is 2. The molecule has 2 aromatic carbocycles. The van der Waals surface area contributed by atoms with Crippen LogP contribution >= 0.6 is 0 Å². The lowest BCUT2D eigenvalue weighted by Crippen LogP contribution is -2.27. The molecule has 3 rings (SSSR count). The summed E-state index contributed by atoms with van der Waals surface area (Å²) < 4.78 is 5.85. The van der Waals surface area contributed by atoms with Crippen LogP contribution < -0.4 is 10.1 Å². The minimum atomic E-state index is -0.0978. The van der Waals surface area contributed by atoms with Crippen molar-refractivity contribution in [2.75, 3.05) is 27.2 Å². The van der Waals surface area contributed by atoms with Crippen molar-refractivity contribution >= 4 is 11.8 Å². The molecule has 0 aliphatic carbocycles. The fraction of sp³-hybridized carbons (Fsp3) is 0.333. The molecule has 0 atom stereocenters. The normalized spacial score (nSPS) is 13.7. The zero-order chi connectivity index (χ0) is 18.8. The smallest absolute Gasteiger partial charge is 0.257 e. The van der Waals surface area contributed by atoms with Crippen molar-refractivity contribution in [3.63, 3.8) is 0 Å². The minimum Gasteiger partial charge on any atom is -0.491 e. The molecule has 0 fully saturated rings. The molecule has 0 spiro atoms. The van der Waals surface area contributed by atoms with Crippen molar-refractivity contribution in [2.24, 2.45) is 0 Å². The van der Waals surface area contributed by atoms with Gasteiger partial charge in [0.05, 0.1) is 12.1 Å². The molecule has 0 saturated carbocycles. The summed E-state index contributed by atoms with van der Waals surface area (Å²) in [4.78, 5) is 26.0. The van der Waals surface area contributed by atoms with E-state index in [-0.39, 0.29) is 11.8 Å². The van der Waals surface area contributed by atoms with Crippen LogP contribution in [0.25, 0.3) is 0 Å². The highest BCUT2D eigenvalue weighted by atomic mass is 16.5. The summed E-state index contributed by atoms with van der Waals surface area (Å²) in [5.74, 6) is 0.603. The maximum Gasteiger partial charge on any atom is 0.257 e. The number of fused-ring (bicyclic) bond motifs is 1. The summed E-state index contributed by atoms with van der Waals surface area (Å²) in [5.41, 5.74) is 5.61. The van der Waals surface area contributed by atoms with Crippen LogP contribution in [0.1, 0.15) is 43.0 Å². The Bertz CT molecular complexity index is 857. The number of rotatable bonds is 3. The lowest BCUT2D eigenvalue weighted by molar-refractivity contribution is 0.0796. The Morgan fingerprint density at radius 3 is 2.54 bits per heavy atom. The number of nitrogens with one attached hydrogen (secondary N) is 1. The molecule has 0 saturated heterocycles. The van der Waals surface area contributed by atoms with Crippen molar-refractivity contribution in [1.29, 1.82) is 0 Å². The van der Waals surface area contributed by atoms with Crippen molar-refractivity contribution in [3.05, 3.63) is 63.7 Å². The first kappa shape index (κ1) is 18.0. The van der Waals surface area contributed by atoms with Crippen LogP contribution in [0.5, 0.6) is 5.75 Å². The number of nitrogens with zero attached hydrogens (tertiary/aromatic N) is 1. The number of carbonyl (C=O) groups is 2. The number of benzene rings is 2. The highest BCUT2D eigenvalue weighted by Crippen LogP contribution is 2.32. The second kappa shape index (κ2) is 7.20. The SMILES string of the molecule is CNC(=O)c1ccc(Cc2cc3c(c(C)c2C)OCCN(C)C3=O)cc1. The Morgan fingerprint density at radius 2 is 1.88 bits per heavy atom. The molecule has 1 N–H and O–H groups in total. The van der Waals surface area contributed by atoms with Gasteiger partial charge in [0, 0.05) is 19.7 Å². The monoisotopic (exact) mass is 352 g/mol. The first-order valence-electron chi connectivity index (χ1n) is 8.74. The zero-order valence-corrected chi connectivity index (χ0v) is 15.7. The van der Waals surface area contributed by atoms with E-state index in [0.717, 1.165) is 22.3 Å². The molecule has 2 amide bonds. The van der Waals surface area contributed by atoms with E-state index >= 15 is 0 Å². The summed E-state index contributed by atoms with van der Waals surface area (Å²) in [5, 5.41) is 2.62. The molecule has 1 aliphatic rings. The van der Waals surface area contributed by atoms with Gasteiger partial charge in [-0.05, 0) is 60.7 Å². The molecule has 5 nitrogen and oxygen atoms in total. The zero-order valence-electron chi connectivity index (χ0n) is 15.7. The number of ether oxygens (including phenoxy) is 1. The van der Waals surface area contributed by atoms with Gasteiger partial charge in [-0.2, -0.15) is 0 Å². The quantitative estimate of drug-likeness (QED) is 0.924. The fourth-order valence-corrected chi connectivity index (χ4v) is 3.22. The first-order chi connectivity index (χ1) is 12.4. The van der Waals surface area contributed by atoms with Crippen LogP contribution in [0, 0.1) is 13.8 Å². The summed E-state index contributed by atoms with van der Waals surface area (Å²) in [6, 6.07) is 9.50. The standard InChI is InChI=1S/C21H24N2O3/c1-13-14(2)19-18(21(25)23(4)9-10-26-19)12-17(13)11-15-5-7-16(8-6-15)20(24)22-3/h5-8,12H,9-11H2,1-4H3,(H,22,24). The van der Waals surface area contributed by atoms with Crippen molar-refractivity contribution in [2.45, 2.75) is 20.3 Å². The summed E-state index contributed by atoms with van der Waals surface area (Å²) in [7, 11) is 3.42. The third-order valence-electron chi connectivity index (χ3n) is 5.04. The van der Waals surface area contributed by atoms with Gasteiger partial charge in [-0.15, -0.1) is 0 Å². The average molecular weight is 352 g/mol. The van der Waals surface area contributed by atoms with Gasteiger partial charge >= 0.3 is 0 Å². The van der Waals surface area contributed by atoms with Gasteiger partial charge in [-0.1, -0.05) is 12.1 Å². The van der Waals surface area contributed by atoms with E-state index in [0.29, 0.717) is 36.4 Å². The van der Waals surface area contributed by atoms with Crippen LogP contribution in [0.4, 0.5) is 0 Å². The number of likely N-dealkylation sites (N-methyl/N-ethyl adjacent to an activating group) is 1. The predicted molar refractivity (Wildman–Crippen MR) is 101 cm³/mol. The maximum absolute atomic E-state index is 12.7. The summed E-state index contributed by atoms with van der Waals surface area (Å²) in [6.45, 7) is 5.16. The molecule has 2 aromatic rings. The lowest BCUT2D eigenvalue weighted by atomic mass is 9.93. The third kappa shape index (κ3) is 3.29. The second-order valence-corrected chi connectivity index (χ2v) is 6.69. The van der Waals surface area contributed by atoms with Crippen molar-refractivity contribution in [3.8, 4) is 5.75 Å². The van der Waals surface area contributed by atoms with E-state index in [1.165, 1.54) is 0 Å². The van der Waals surface area contributed by atoms with Gasteiger partial charge in [-0.3, -0.25) is 9.59 Å². The fourth-order valence-electron chi connectivity index (χ4n) is 3.22. The Kier molecular flexibility index (Phi) is 4.98. The molecule has 5 heteroatoms. The number of hydrogen-bond donors (Lipinski definition) is 1. The van der Waals surface area contributed by atoms with Crippen LogP contribution in [0.3, 0.4) is 0 Å². The minimum absolute atomic E-state index is 0.00295. The molecular formula is C21H24N2O3. The highest BCUT2D eigenvalue weighted by Gasteiger charge is 2.24. The number of hydrogen-bond acceptors (Lipinski definition) is 3. The van der Waals surface area contributed by atoms with Gasteiger partial charge in [0.15, 0.2) is 0 Å². The topological polar surface area (TPSA) is 58.6 Å². The lowest BCUT2D eigenvalue weighted by Gasteiger charge is -2.17. The molecule has 0 radical (unpaired) electrons. The highest BCUT2D eigenvalue weighted by molar-refractivity contribution is 5.98. The van der Waals surface area contributed by atoms with Crippen LogP contribution in [0.2, 0.25) is 0 Å². The largest absolute Gasteiger partial charge is 0.491 e. The van der Waals surface area contributed by atoms with Gasteiger partial charge < -0.3 is 15.0 Å². The Labute approximate surface area is 154 Å². The molecule has 0 aromatic heterocycles.